The molecule has 3 N–H and O–H groups in total. The summed E-state index contributed by atoms with van der Waals surface area (Å²) in [6.45, 7) is 4.81. The molecule has 2 aromatic heterocycles. The Balaban J connectivity index is 1.80. The Morgan fingerprint density at radius 3 is 3.05 bits per heavy atom. The molecule has 0 aromatic carbocycles. The van der Waals surface area contributed by atoms with E-state index in [9.17, 15) is 0 Å². The first-order valence-electron chi connectivity index (χ1n) is 6.97. The van der Waals surface area contributed by atoms with Gasteiger partial charge in [-0.25, -0.2) is 0 Å². The van der Waals surface area contributed by atoms with E-state index in [1.807, 2.05) is 19.3 Å². The van der Waals surface area contributed by atoms with Crippen LogP contribution in [0.4, 0.5) is 5.95 Å². The molecule has 3 heterocycles. The second kappa shape index (κ2) is 4.90. The highest BCUT2D eigenvalue weighted by Gasteiger charge is 2.31. The summed E-state index contributed by atoms with van der Waals surface area (Å²) in [5.41, 5.74) is 6.86. The van der Waals surface area contributed by atoms with Gasteiger partial charge >= 0.3 is 0 Å². The topological polar surface area (TPSA) is 88.6 Å². The first kappa shape index (κ1) is 13.1. The Kier molecular flexibility index (Phi) is 3.21. The van der Waals surface area contributed by atoms with Crippen LogP contribution in [0.3, 0.4) is 0 Å². The lowest BCUT2D eigenvalue weighted by Gasteiger charge is -2.39. The van der Waals surface area contributed by atoms with Crippen molar-refractivity contribution < 1.29 is 0 Å². The summed E-state index contributed by atoms with van der Waals surface area (Å²) in [5.74, 6) is 1.45. The van der Waals surface area contributed by atoms with Gasteiger partial charge in [0.2, 0.25) is 5.95 Å². The molecule has 108 valence electrons. The lowest BCUT2D eigenvalue weighted by atomic mass is 9.82. The Labute approximate surface area is 118 Å². The summed E-state index contributed by atoms with van der Waals surface area (Å²) in [6, 6.07) is 1.92. The predicted molar refractivity (Wildman–Crippen MR) is 77.2 cm³/mol. The Hall–Kier alpha value is -1.89. The summed E-state index contributed by atoms with van der Waals surface area (Å²) in [5, 5.41) is 11.6. The third-order valence-corrected chi connectivity index (χ3v) is 3.99. The molecule has 1 aliphatic heterocycles. The summed E-state index contributed by atoms with van der Waals surface area (Å²) in [7, 11) is 1.89. The summed E-state index contributed by atoms with van der Waals surface area (Å²) in [6.07, 6.45) is 4.18. The highest BCUT2D eigenvalue weighted by molar-refractivity contribution is 5.50. The van der Waals surface area contributed by atoms with E-state index in [0.29, 0.717) is 12.4 Å². The average Bonchev–Trinajstić information content (AvgIpc) is 3.07. The standard InChI is InChI=1S/C13H21N7/c1-13(8-14)5-3-6-20(9-13)12-15-11(16-17-12)10-4-7-19(2)18-10/h4,7H,3,5-6,8-9,14H2,1-2H3,(H,15,16,17). The second-order valence-corrected chi connectivity index (χ2v) is 5.90. The van der Waals surface area contributed by atoms with Gasteiger partial charge in [-0.2, -0.15) is 10.1 Å². The molecular formula is C13H21N7. The molecule has 0 saturated carbocycles. The van der Waals surface area contributed by atoms with Crippen molar-refractivity contribution in [1.29, 1.82) is 0 Å². The van der Waals surface area contributed by atoms with Crippen LogP contribution in [-0.4, -0.2) is 44.6 Å². The van der Waals surface area contributed by atoms with E-state index in [2.05, 4.69) is 32.1 Å². The van der Waals surface area contributed by atoms with E-state index < -0.39 is 0 Å². The number of nitrogens with zero attached hydrogens (tertiary/aromatic N) is 5. The van der Waals surface area contributed by atoms with E-state index in [1.54, 1.807) is 4.68 Å². The number of nitrogens with two attached hydrogens (primary N) is 1. The number of aromatic amines is 1. The number of hydrogen-bond donors (Lipinski definition) is 2. The van der Waals surface area contributed by atoms with Crippen molar-refractivity contribution >= 4 is 5.95 Å². The van der Waals surface area contributed by atoms with Crippen molar-refractivity contribution in [2.75, 3.05) is 24.5 Å². The van der Waals surface area contributed by atoms with Crippen molar-refractivity contribution in [3.8, 4) is 11.5 Å². The number of rotatable bonds is 3. The molecule has 0 bridgehead atoms. The lowest BCUT2D eigenvalue weighted by molar-refractivity contribution is 0.270. The number of H-pyrrole nitrogens is 1. The lowest BCUT2D eigenvalue weighted by Crippen LogP contribution is -2.46. The Morgan fingerprint density at radius 1 is 1.50 bits per heavy atom. The van der Waals surface area contributed by atoms with Crippen LogP contribution in [0.2, 0.25) is 0 Å². The fourth-order valence-electron chi connectivity index (χ4n) is 2.70. The quantitative estimate of drug-likeness (QED) is 0.863. The number of aromatic nitrogens is 5. The van der Waals surface area contributed by atoms with Gasteiger partial charge in [0.15, 0.2) is 5.82 Å². The van der Waals surface area contributed by atoms with E-state index >= 15 is 0 Å². The molecule has 7 nitrogen and oxygen atoms in total. The van der Waals surface area contributed by atoms with E-state index in [0.717, 1.165) is 37.6 Å². The third kappa shape index (κ3) is 2.40. The van der Waals surface area contributed by atoms with Gasteiger partial charge in [0.1, 0.15) is 5.69 Å². The van der Waals surface area contributed by atoms with Crippen LogP contribution >= 0.6 is 0 Å². The second-order valence-electron chi connectivity index (χ2n) is 5.90. The van der Waals surface area contributed by atoms with Crippen LogP contribution in [0.15, 0.2) is 12.3 Å². The fraction of sp³-hybridized carbons (Fsp3) is 0.615. The van der Waals surface area contributed by atoms with Crippen molar-refractivity contribution in [2.45, 2.75) is 19.8 Å². The summed E-state index contributed by atoms with van der Waals surface area (Å²) >= 11 is 0. The van der Waals surface area contributed by atoms with Gasteiger partial charge in [0.05, 0.1) is 0 Å². The molecule has 0 aliphatic carbocycles. The zero-order valence-corrected chi connectivity index (χ0v) is 12.0. The molecular weight excluding hydrogens is 254 g/mol. The first-order chi connectivity index (χ1) is 9.59. The molecule has 20 heavy (non-hydrogen) atoms. The predicted octanol–water partition coefficient (Wildman–Crippen LogP) is 0.770. The van der Waals surface area contributed by atoms with Crippen molar-refractivity contribution in [2.24, 2.45) is 18.2 Å². The molecule has 2 aromatic rings. The van der Waals surface area contributed by atoms with Crippen LogP contribution in [0, 0.1) is 5.41 Å². The van der Waals surface area contributed by atoms with Crippen molar-refractivity contribution in [1.82, 2.24) is 25.0 Å². The number of hydrogen-bond acceptors (Lipinski definition) is 5. The normalized spacial score (nSPS) is 23.2. The maximum absolute atomic E-state index is 5.89. The maximum atomic E-state index is 5.89. The van der Waals surface area contributed by atoms with E-state index in [4.69, 9.17) is 5.73 Å². The van der Waals surface area contributed by atoms with Gasteiger partial charge in [-0.05, 0) is 30.9 Å². The Morgan fingerprint density at radius 2 is 2.35 bits per heavy atom. The molecule has 3 rings (SSSR count). The minimum absolute atomic E-state index is 0.157. The third-order valence-electron chi connectivity index (χ3n) is 3.99. The average molecular weight is 275 g/mol. The molecule has 1 unspecified atom stereocenters. The number of anilines is 1. The van der Waals surface area contributed by atoms with Crippen molar-refractivity contribution in [3.05, 3.63) is 12.3 Å². The van der Waals surface area contributed by atoms with Crippen LogP contribution in [0.25, 0.3) is 11.5 Å². The van der Waals surface area contributed by atoms with Crippen molar-refractivity contribution in [3.63, 3.8) is 0 Å². The van der Waals surface area contributed by atoms with Crippen LogP contribution in [0.1, 0.15) is 19.8 Å². The number of piperidine rings is 1. The summed E-state index contributed by atoms with van der Waals surface area (Å²) in [4.78, 5) is 6.77. The molecule has 7 heteroatoms. The van der Waals surface area contributed by atoms with Gasteiger partial charge in [0, 0.05) is 26.3 Å². The molecule has 1 saturated heterocycles. The minimum atomic E-state index is 0.157. The van der Waals surface area contributed by atoms with Gasteiger partial charge in [-0.15, -0.1) is 5.10 Å². The SMILES string of the molecule is Cn1ccc(-c2nc(N3CCCC(C)(CN)C3)n[nH]2)n1. The molecule has 0 amide bonds. The molecule has 0 radical (unpaired) electrons. The Bertz CT molecular complexity index is 587. The maximum Gasteiger partial charge on any atom is 0.245 e. The largest absolute Gasteiger partial charge is 0.339 e. The highest BCUT2D eigenvalue weighted by atomic mass is 15.4. The monoisotopic (exact) mass is 275 g/mol. The smallest absolute Gasteiger partial charge is 0.245 e. The number of nitrogens with one attached hydrogen (secondary N) is 1. The molecule has 1 atom stereocenters. The molecule has 1 aliphatic rings. The van der Waals surface area contributed by atoms with Gasteiger partial charge in [-0.1, -0.05) is 6.92 Å². The first-order valence-corrected chi connectivity index (χ1v) is 6.97. The van der Waals surface area contributed by atoms with Gasteiger partial charge in [0.25, 0.3) is 0 Å². The van der Waals surface area contributed by atoms with Gasteiger partial charge in [-0.3, -0.25) is 9.78 Å². The zero-order chi connectivity index (χ0) is 14.2. The fourth-order valence-corrected chi connectivity index (χ4v) is 2.70. The molecule has 1 fully saturated rings. The summed E-state index contributed by atoms with van der Waals surface area (Å²) < 4.78 is 1.75. The zero-order valence-electron chi connectivity index (χ0n) is 12.0. The van der Waals surface area contributed by atoms with Gasteiger partial charge < -0.3 is 10.6 Å². The minimum Gasteiger partial charge on any atom is -0.339 e. The number of aryl methyl sites for hydroxylation is 1. The molecule has 0 spiro atoms. The van der Waals surface area contributed by atoms with Crippen LogP contribution in [0.5, 0.6) is 0 Å². The van der Waals surface area contributed by atoms with E-state index in [-0.39, 0.29) is 5.41 Å². The van der Waals surface area contributed by atoms with Crippen LogP contribution < -0.4 is 10.6 Å². The van der Waals surface area contributed by atoms with Crippen LogP contribution in [-0.2, 0) is 7.05 Å². The highest BCUT2D eigenvalue weighted by Crippen LogP contribution is 2.30. The van der Waals surface area contributed by atoms with E-state index in [1.165, 1.54) is 0 Å².